The van der Waals surface area contributed by atoms with Crippen LogP contribution >= 0.6 is 34.8 Å². The SMILES string of the molecule is CCCCNC(=O)C(C)N(Cc1ccc(Cl)cc1)C(=O)Cc1ccc(Cl)c(Cl)c1. The van der Waals surface area contributed by atoms with Gasteiger partial charge in [-0.05, 0) is 48.7 Å². The zero-order valence-electron chi connectivity index (χ0n) is 16.6. The number of benzene rings is 2. The maximum Gasteiger partial charge on any atom is 0.242 e. The first-order valence-corrected chi connectivity index (χ1v) is 10.7. The lowest BCUT2D eigenvalue weighted by atomic mass is 10.1. The summed E-state index contributed by atoms with van der Waals surface area (Å²) in [4.78, 5) is 27.3. The molecule has 156 valence electrons. The van der Waals surface area contributed by atoms with Crippen molar-refractivity contribution in [2.45, 2.75) is 45.7 Å². The summed E-state index contributed by atoms with van der Waals surface area (Å²) in [5.74, 6) is -0.341. The lowest BCUT2D eigenvalue weighted by molar-refractivity contribution is -0.140. The Morgan fingerprint density at radius 2 is 1.66 bits per heavy atom. The molecule has 4 nitrogen and oxygen atoms in total. The Morgan fingerprint density at radius 1 is 1.00 bits per heavy atom. The fourth-order valence-corrected chi connectivity index (χ4v) is 3.28. The van der Waals surface area contributed by atoms with Crippen LogP contribution in [-0.4, -0.2) is 29.3 Å². The normalized spacial score (nSPS) is 11.8. The van der Waals surface area contributed by atoms with E-state index < -0.39 is 6.04 Å². The average Bonchev–Trinajstić information content (AvgIpc) is 2.69. The first-order chi connectivity index (χ1) is 13.8. The van der Waals surface area contributed by atoms with Gasteiger partial charge in [0.25, 0.3) is 0 Å². The highest BCUT2D eigenvalue weighted by Crippen LogP contribution is 2.23. The number of nitrogens with zero attached hydrogens (tertiary/aromatic N) is 1. The standard InChI is InChI=1S/C22H25Cl3N2O2/c1-3-4-11-26-22(29)15(2)27(14-16-5-8-18(23)9-6-16)21(28)13-17-7-10-19(24)20(25)12-17/h5-10,12,15H,3-4,11,13-14H2,1-2H3,(H,26,29). The van der Waals surface area contributed by atoms with Crippen LogP contribution in [0.5, 0.6) is 0 Å². The number of carbonyl (C=O) groups excluding carboxylic acids is 2. The highest BCUT2D eigenvalue weighted by atomic mass is 35.5. The van der Waals surface area contributed by atoms with Crippen molar-refractivity contribution in [3.63, 3.8) is 0 Å². The molecule has 2 rings (SSSR count). The number of halogens is 3. The molecule has 7 heteroatoms. The third kappa shape index (κ3) is 7.22. The zero-order chi connectivity index (χ0) is 21.4. The van der Waals surface area contributed by atoms with Crippen molar-refractivity contribution in [2.24, 2.45) is 0 Å². The van der Waals surface area contributed by atoms with Crippen molar-refractivity contribution in [3.05, 3.63) is 68.7 Å². The molecule has 0 radical (unpaired) electrons. The smallest absolute Gasteiger partial charge is 0.242 e. The van der Waals surface area contributed by atoms with Gasteiger partial charge in [0.05, 0.1) is 16.5 Å². The van der Waals surface area contributed by atoms with E-state index in [9.17, 15) is 9.59 Å². The van der Waals surface area contributed by atoms with Crippen LogP contribution in [0.3, 0.4) is 0 Å². The van der Waals surface area contributed by atoms with Crippen molar-refractivity contribution in [1.82, 2.24) is 10.2 Å². The molecule has 0 saturated heterocycles. The Balaban J connectivity index is 2.19. The third-order valence-corrected chi connectivity index (χ3v) is 5.59. The van der Waals surface area contributed by atoms with Gasteiger partial charge in [-0.15, -0.1) is 0 Å². The Bertz CT molecular complexity index is 840. The third-order valence-electron chi connectivity index (χ3n) is 4.60. The molecule has 0 fully saturated rings. The summed E-state index contributed by atoms with van der Waals surface area (Å²) in [6, 6.07) is 11.7. The van der Waals surface area contributed by atoms with Gasteiger partial charge in [-0.2, -0.15) is 0 Å². The van der Waals surface area contributed by atoms with Gasteiger partial charge in [0, 0.05) is 18.1 Å². The molecular formula is C22H25Cl3N2O2. The van der Waals surface area contributed by atoms with E-state index in [1.54, 1.807) is 42.2 Å². The van der Waals surface area contributed by atoms with Crippen molar-refractivity contribution in [3.8, 4) is 0 Å². The molecule has 2 amide bonds. The molecule has 1 N–H and O–H groups in total. The lowest BCUT2D eigenvalue weighted by Crippen LogP contribution is -2.48. The predicted octanol–water partition coefficient (Wildman–Crippen LogP) is 5.52. The van der Waals surface area contributed by atoms with Crippen LogP contribution in [0.4, 0.5) is 0 Å². The Hall–Kier alpha value is -1.75. The van der Waals surface area contributed by atoms with E-state index in [0.29, 0.717) is 28.2 Å². The van der Waals surface area contributed by atoms with Gasteiger partial charge in [-0.25, -0.2) is 0 Å². The molecule has 0 aromatic heterocycles. The second-order valence-corrected chi connectivity index (χ2v) is 8.14. The first kappa shape index (κ1) is 23.5. The van der Waals surface area contributed by atoms with Gasteiger partial charge in [-0.1, -0.05) is 66.3 Å². The van der Waals surface area contributed by atoms with E-state index in [1.807, 2.05) is 12.1 Å². The highest BCUT2D eigenvalue weighted by molar-refractivity contribution is 6.42. The van der Waals surface area contributed by atoms with Crippen molar-refractivity contribution < 1.29 is 9.59 Å². The fraction of sp³-hybridized carbons (Fsp3) is 0.364. The number of hydrogen-bond donors (Lipinski definition) is 1. The largest absolute Gasteiger partial charge is 0.354 e. The van der Waals surface area contributed by atoms with Gasteiger partial charge in [0.1, 0.15) is 6.04 Å². The number of carbonyl (C=O) groups is 2. The summed E-state index contributed by atoms with van der Waals surface area (Å²) in [7, 11) is 0. The molecule has 0 spiro atoms. The van der Waals surface area contributed by atoms with E-state index in [1.165, 1.54) is 0 Å². The maximum absolute atomic E-state index is 13.1. The summed E-state index contributed by atoms with van der Waals surface area (Å²) in [6.07, 6.45) is 2.00. The van der Waals surface area contributed by atoms with Crippen LogP contribution < -0.4 is 5.32 Å². The van der Waals surface area contributed by atoms with Crippen molar-refractivity contribution in [2.75, 3.05) is 6.54 Å². The van der Waals surface area contributed by atoms with E-state index in [0.717, 1.165) is 24.0 Å². The molecular weight excluding hydrogens is 431 g/mol. The van der Waals surface area contributed by atoms with Gasteiger partial charge in [-0.3, -0.25) is 9.59 Å². The molecule has 29 heavy (non-hydrogen) atoms. The van der Waals surface area contributed by atoms with Gasteiger partial charge in [0.15, 0.2) is 0 Å². The zero-order valence-corrected chi connectivity index (χ0v) is 18.8. The van der Waals surface area contributed by atoms with Crippen LogP contribution in [0.1, 0.15) is 37.8 Å². The van der Waals surface area contributed by atoms with Gasteiger partial charge >= 0.3 is 0 Å². The summed E-state index contributed by atoms with van der Waals surface area (Å²) >= 11 is 18.0. The van der Waals surface area contributed by atoms with Crippen LogP contribution in [0.15, 0.2) is 42.5 Å². The van der Waals surface area contributed by atoms with Crippen LogP contribution in [0.2, 0.25) is 15.1 Å². The molecule has 0 aliphatic rings. The van der Waals surface area contributed by atoms with E-state index >= 15 is 0 Å². The van der Waals surface area contributed by atoms with Crippen molar-refractivity contribution in [1.29, 1.82) is 0 Å². The second-order valence-electron chi connectivity index (χ2n) is 6.89. The molecule has 0 aliphatic heterocycles. The Labute approximate surface area is 187 Å². The Kier molecular flexibility index (Phi) is 9.28. The molecule has 0 bridgehead atoms. The fourth-order valence-electron chi connectivity index (χ4n) is 2.83. The maximum atomic E-state index is 13.1. The summed E-state index contributed by atoms with van der Waals surface area (Å²) in [5.41, 5.74) is 1.63. The summed E-state index contributed by atoms with van der Waals surface area (Å²) < 4.78 is 0. The van der Waals surface area contributed by atoms with Crippen LogP contribution in [0.25, 0.3) is 0 Å². The predicted molar refractivity (Wildman–Crippen MR) is 120 cm³/mol. The highest BCUT2D eigenvalue weighted by Gasteiger charge is 2.26. The molecule has 2 aromatic carbocycles. The van der Waals surface area contributed by atoms with E-state index in [2.05, 4.69) is 12.2 Å². The summed E-state index contributed by atoms with van der Waals surface area (Å²) in [6.45, 7) is 4.70. The topological polar surface area (TPSA) is 49.4 Å². The quantitative estimate of drug-likeness (QED) is 0.506. The van der Waals surface area contributed by atoms with Gasteiger partial charge in [0.2, 0.25) is 11.8 Å². The molecule has 0 heterocycles. The van der Waals surface area contributed by atoms with Gasteiger partial charge < -0.3 is 10.2 Å². The number of hydrogen-bond acceptors (Lipinski definition) is 2. The molecule has 1 atom stereocenters. The van der Waals surface area contributed by atoms with Crippen molar-refractivity contribution >= 4 is 46.6 Å². The monoisotopic (exact) mass is 454 g/mol. The molecule has 0 aliphatic carbocycles. The average molecular weight is 456 g/mol. The number of nitrogens with one attached hydrogen (secondary N) is 1. The number of rotatable bonds is 9. The second kappa shape index (κ2) is 11.4. The number of amides is 2. The first-order valence-electron chi connectivity index (χ1n) is 9.57. The molecule has 2 aromatic rings. The number of unbranched alkanes of at least 4 members (excludes halogenated alkanes) is 1. The van der Waals surface area contributed by atoms with Crippen LogP contribution in [0, 0.1) is 0 Å². The molecule has 0 saturated carbocycles. The van der Waals surface area contributed by atoms with E-state index in [-0.39, 0.29) is 18.2 Å². The van der Waals surface area contributed by atoms with E-state index in [4.69, 9.17) is 34.8 Å². The Morgan fingerprint density at radius 3 is 2.28 bits per heavy atom. The van der Waals surface area contributed by atoms with Crippen LogP contribution in [-0.2, 0) is 22.6 Å². The minimum Gasteiger partial charge on any atom is -0.354 e. The summed E-state index contributed by atoms with van der Waals surface area (Å²) in [5, 5.41) is 4.35. The minimum absolute atomic E-state index is 0.122. The molecule has 1 unspecified atom stereocenters. The lowest BCUT2D eigenvalue weighted by Gasteiger charge is -2.29. The minimum atomic E-state index is -0.613.